The van der Waals surface area contributed by atoms with Crippen molar-refractivity contribution < 1.29 is 47.8 Å². The standard InChI is InChI=1S/C35H49N5O5.C32H43N5O5/c1-9-12-32(45-8)22(5)31(41)19-29(21(3)4)33(42)38-24(7)35(44)40-16-11-13-30(39-40)34(43)37-23(6)25-14-15-26-20-36-28(10-2)18-27(26)17-25;1-18(2)26-16-28(38)19(3)29(42-6)12-11-25-15-24-14-22(9-10-23(24)17-33-25)20(4)34-31(40)27-8-7-13-37(36-27)32(41)21(5)35-30(26)39/h9-10,12,14-15,17-18,20-24,29-30,32,39H,2,11,13,16,19H2,1,3-8H3,(H,37,43)(H,38,42);9-12,14-15,17-21,26-27,29,36H,7-8,13,16H2,1-6H3,(H,34,40)(H,35,39)/b12-9+;12-11+/t22-,23+,24-,29-,30-,32+;19-,20+,21-,26-,27-,29+/m00/s1. The number of carbonyl (C=O) groups is 8. The zero-order valence-corrected chi connectivity index (χ0v) is 53.0. The molecule has 6 N–H and O–H groups in total. The van der Waals surface area contributed by atoms with Crippen LogP contribution in [0.15, 0.2) is 85.7 Å². The van der Waals surface area contributed by atoms with Gasteiger partial charge in [0.05, 0.1) is 35.7 Å². The number of aromatic nitrogens is 2. The second-order valence-corrected chi connectivity index (χ2v) is 24.1. The Morgan fingerprint density at radius 1 is 0.793 bits per heavy atom. The molecule has 2 fully saturated rings. The smallest absolute Gasteiger partial charge is 0.258 e. The van der Waals surface area contributed by atoms with Gasteiger partial charge in [-0.15, -0.1) is 0 Å². The average molecular weight is 1200 g/mol. The number of pyridine rings is 2. The lowest BCUT2D eigenvalue weighted by atomic mass is 9.85. The van der Waals surface area contributed by atoms with Crippen LogP contribution < -0.4 is 32.1 Å². The zero-order chi connectivity index (χ0) is 63.8. The van der Waals surface area contributed by atoms with Crippen LogP contribution >= 0.6 is 0 Å². The molecule has 87 heavy (non-hydrogen) atoms. The molecule has 0 unspecified atom stereocenters. The molecular weight excluding hydrogens is 1100 g/mol. The number of hydrazine groups is 2. The number of nitrogens with one attached hydrogen (secondary N) is 6. The molecule has 5 heterocycles. The van der Waals surface area contributed by atoms with Gasteiger partial charge in [-0.3, -0.25) is 58.3 Å². The minimum Gasteiger partial charge on any atom is -0.377 e. The Kier molecular flexibility index (Phi) is 25.2. The molecular formula is C67H92N10O10. The summed E-state index contributed by atoms with van der Waals surface area (Å²) in [6.45, 7) is 24.7. The lowest BCUT2D eigenvalue weighted by Crippen LogP contribution is -2.61. The van der Waals surface area contributed by atoms with Gasteiger partial charge in [0.25, 0.3) is 11.8 Å². The van der Waals surface area contributed by atoms with Gasteiger partial charge in [0.15, 0.2) is 0 Å². The van der Waals surface area contributed by atoms with E-state index in [2.05, 4.69) is 48.7 Å². The lowest BCUT2D eigenvalue weighted by Gasteiger charge is -2.35. The third-order valence-electron chi connectivity index (χ3n) is 17.0. The van der Waals surface area contributed by atoms with Crippen molar-refractivity contribution in [1.29, 1.82) is 0 Å². The second-order valence-electron chi connectivity index (χ2n) is 24.1. The number of hydrogen-bond donors (Lipinski definition) is 6. The molecule has 0 spiro atoms. The van der Waals surface area contributed by atoms with Gasteiger partial charge < -0.3 is 30.7 Å². The van der Waals surface area contributed by atoms with Crippen molar-refractivity contribution in [3.05, 3.63) is 108 Å². The van der Waals surface area contributed by atoms with Crippen molar-refractivity contribution in [1.82, 2.24) is 52.1 Å². The van der Waals surface area contributed by atoms with E-state index in [1.54, 1.807) is 60.4 Å². The molecule has 2 saturated heterocycles. The first-order chi connectivity index (χ1) is 41.4. The monoisotopic (exact) mass is 1200 g/mol. The summed E-state index contributed by atoms with van der Waals surface area (Å²) in [6, 6.07) is 12.5. The Bertz CT molecular complexity index is 3180. The van der Waals surface area contributed by atoms with Crippen LogP contribution in [-0.2, 0) is 47.8 Å². The van der Waals surface area contributed by atoms with Gasteiger partial charge >= 0.3 is 0 Å². The summed E-state index contributed by atoms with van der Waals surface area (Å²) in [7, 11) is 3.11. The molecule has 3 aliphatic heterocycles. The van der Waals surface area contributed by atoms with E-state index >= 15 is 0 Å². The van der Waals surface area contributed by atoms with Crippen LogP contribution in [0.25, 0.3) is 33.7 Å². The van der Waals surface area contributed by atoms with Crippen molar-refractivity contribution in [3.8, 4) is 0 Å². The lowest BCUT2D eigenvalue weighted by molar-refractivity contribution is -0.144. The fourth-order valence-corrected chi connectivity index (χ4v) is 11.1. The molecule has 3 aliphatic rings. The molecule has 2 aromatic carbocycles. The fourth-order valence-electron chi connectivity index (χ4n) is 11.1. The number of nitrogens with zero attached hydrogens (tertiary/aromatic N) is 4. The Morgan fingerprint density at radius 2 is 1.47 bits per heavy atom. The van der Waals surface area contributed by atoms with Crippen molar-refractivity contribution in [3.63, 3.8) is 0 Å². The number of ketones is 2. The molecule has 7 rings (SSSR count). The topological polar surface area (TPSA) is 259 Å². The molecule has 470 valence electrons. The molecule has 0 radical (unpaired) electrons. The summed E-state index contributed by atoms with van der Waals surface area (Å²) in [6.07, 6.45) is 14.2. The van der Waals surface area contributed by atoms with Crippen molar-refractivity contribution >= 4 is 80.7 Å². The van der Waals surface area contributed by atoms with E-state index in [9.17, 15) is 38.4 Å². The van der Waals surface area contributed by atoms with E-state index < -0.39 is 53.9 Å². The minimum absolute atomic E-state index is 0.0265. The quantitative estimate of drug-likeness (QED) is 0.0585. The van der Waals surface area contributed by atoms with Gasteiger partial charge in [-0.2, -0.15) is 0 Å². The first-order valence-corrected chi connectivity index (χ1v) is 30.6. The molecule has 0 aliphatic carbocycles. The highest BCUT2D eigenvalue weighted by molar-refractivity contribution is 5.94. The third-order valence-corrected chi connectivity index (χ3v) is 17.0. The number of fused-ring (bicyclic) bond motifs is 5. The number of benzene rings is 2. The van der Waals surface area contributed by atoms with Gasteiger partial charge in [-0.1, -0.05) is 90.6 Å². The van der Waals surface area contributed by atoms with E-state index in [0.29, 0.717) is 44.5 Å². The maximum atomic E-state index is 13.4. The molecule has 5 bridgehead atoms. The average Bonchev–Trinajstić information content (AvgIpc) is 2.66. The predicted octanol–water partition coefficient (Wildman–Crippen LogP) is 7.84. The Balaban J connectivity index is 0.000000279. The van der Waals surface area contributed by atoms with Crippen molar-refractivity contribution in [2.75, 3.05) is 27.3 Å². The summed E-state index contributed by atoms with van der Waals surface area (Å²) in [4.78, 5) is 115. The number of Topliss-reactive ketones (excluding diaryl/α,β-unsaturated/α-hetero) is 2. The van der Waals surface area contributed by atoms with Crippen LogP contribution in [0, 0.1) is 35.5 Å². The summed E-state index contributed by atoms with van der Waals surface area (Å²) < 4.78 is 11.1. The fraction of sp³-hybridized carbons (Fsp3) is 0.522. The van der Waals surface area contributed by atoms with Crippen LogP contribution in [-0.4, -0.2) is 131 Å². The maximum absolute atomic E-state index is 13.4. The van der Waals surface area contributed by atoms with E-state index in [0.717, 1.165) is 38.4 Å². The number of methoxy groups -OCH3 is 2. The van der Waals surface area contributed by atoms with E-state index in [-0.39, 0.29) is 89.9 Å². The van der Waals surface area contributed by atoms with Gasteiger partial charge in [0.2, 0.25) is 23.6 Å². The largest absolute Gasteiger partial charge is 0.377 e. The first-order valence-electron chi connectivity index (χ1n) is 30.6. The number of allylic oxidation sites excluding steroid dienone is 1. The van der Waals surface area contributed by atoms with Crippen LogP contribution in [0.1, 0.15) is 149 Å². The number of rotatable bonds is 16. The Morgan fingerprint density at radius 3 is 2.14 bits per heavy atom. The number of ether oxygens (including phenoxy) is 2. The highest BCUT2D eigenvalue weighted by Gasteiger charge is 2.37. The molecule has 20 nitrogen and oxygen atoms in total. The summed E-state index contributed by atoms with van der Waals surface area (Å²) in [5, 5.41) is 18.5. The number of carbonyl (C=O) groups excluding carboxylic acids is 8. The zero-order valence-electron chi connectivity index (χ0n) is 53.0. The van der Waals surface area contributed by atoms with Crippen LogP contribution in [0.5, 0.6) is 0 Å². The first kappa shape index (κ1) is 68.6. The van der Waals surface area contributed by atoms with Crippen LogP contribution in [0.4, 0.5) is 0 Å². The molecule has 20 heteroatoms. The third kappa shape index (κ3) is 18.3. The predicted molar refractivity (Wildman–Crippen MR) is 337 cm³/mol. The van der Waals surface area contributed by atoms with Crippen LogP contribution in [0.2, 0.25) is 0 Å². The van der Waals surface area contributed by atoms with E-state index in [1.165, 1.54) is 10.0 Å². The van der Waals surface area contributed by atoms with Gasteiger partial charge in [-0.05, 0) is 130 Å². The highest BCUT2D eigenvalue weighted by atomic mass is 16.5. The summed E-state index contributed by atoms with van der Waals surface area (Å²) in [5.41, 5.74) is 9.51. The summed E-state index contributed by atoms with van der Waals surface area (Å²) >= 11 is 0. The Labute approximate surface area is 512 Å². The van der Waals surface area contributed by atoms with Gasteiger partial charge in [-0.25, -0.2) is 10.9 Å². The SMILES string of the molecule is C=Cc1cc2cc([C@@H](C)NC(=O)[C@@H]3CCCN(C(=O)[C@H](C)NC(=O)[C@@H](CC(=O)[C@H](C)[C@@H](/C=C/C)OC)C(C)C)N3)ccc2cn1.CO[C@@H]1/C=C/c2cc3cc(ccc3cn2)[C@@H](C)NC(=O)[C@@H]2CCCN(N2)C(=O)[C@H](C)NC(=O)[C@H](C(C)C)CC(=O)[C@@H]1C. The highest BCUT2D eigenvalue weighted by Crippen LogP contribution is 2.27. The number of hydrogen-bond acceptors (Lipinski definition) is 14. The van der Waals surface area contributed by atoms with E-state index in [1.807, 2.05) is 121 Å². The molecule has 6 amide bonds. The van der Waals surface area contributed by atoms with Gasteiger partial charge in [0, 0.05) is 87.0 Å². The minimum atomic E-state index is -0.846. The van der Waals surface area contributed by atoms with Gasteiger partial charge in [0.1, 0.15) is 35.7 Å². The van der Waals surface area contributed by atoms with Crippen LogP contribution in [0.3, 0.4) is 0 Å². The number of amides is 6. The second kappa shape index (κ2) is 31.9. The normalized spacial score (nSPS) is 23.8. The molecule has 4 aromatic rings. The van der Waals surface area contributed by atoms with Crippen molar-refractivity contribution in [2.24, 2.45) is 35.5 Å². The molecule has 0 saturated carbocycles. The molecule has 2 aromatic heterocycles. The maximum Gasteiger partial charge on any atom is 0.258 e. The van der Waals surface area contributed by atoms with E-state index in [4.69, 9.17) is 9.47 Å². The van der Waals surface area contributed by atoms with Crippen molar-refractivity contribution in [2.45, 2.75) is 163 Å². The summed E-state index contributed by atoms with van der Waals surface area (Å²) in [5.74, 6) is -4.31. The Hall–Kier alpha value is -7.52. The molecule has 12 atom stereocenters.